The van der Waals surface area contributed by atoms with Crippen LogP contribution < -0.4 is 0 Å². The van der Waals surface area contributed by atoms with Gasteiger partial charge in [0, 0.05) is 17.2 Å². The quantitative estimate of drug-likeness (QED) is 0.598. The van der Waals surface area contributed by atoms with Gasteiger partial charge in [-0.25, -0.2) is 4.39 Å². The number of rotatable bonds is 2. The molecule has 0 atom stereocenters. The molecule has 2 aromatic rings. The van der Waals surface area contributed by atoms with Crippen molar-refractivity contribution in [3.8, 4) is 11.1 Å². The monoisotopic (exact) mass is 265 g/mol. The molecule has 0 aliphatic heterocycles. The Hall–Kier alpha value is -1.94. The number of hydrogen-bond donors (Lipinski definition) is 0. The van der Waals surface area contributed by atoms with Crippen molar-refractivity contribution in [3.63, 3.8) is 0 Å². The van der Waals surface area contributed by atoms with E-state index in [4.69, 9.17) is 11.6 Å². The summed E-state index contributed by atoms with van der Waals surface area (Å²) < 4.78 is 12.8. The first-order valence-electron chi connectivity index (χ1n) is 5.20. The molecule has 0 unspecified atom stereocenters. The molecule has 0 bridgehead atoms. The average molecular weight is 266 g/mol. The molecular weight excluding hydrogens is 257 g/mol. The van der Waals surface area contributed by atoms with E-state index < -0.39 is 4.92 Å². The second kappa shape index (κ2) is 4.74. The van der Waals surface area contributed by atoms with Crippen LogP contribution in [0.5, 0.6) is 0 Å². The molecule has 0 aliphatic carbocycles. The molecule has 3 nitrogen and oxygen atoms in total. The van der Waals surface area contributed by atoms with Crippen molar-refractivity contribution in [3.05, 3.63) is 62.9 Å². The van der Waals surface area contributed by atoms with E-state index in [2.05, 4.69) is 0 Å². The summed E-state index contributed by atoms with van der Waals surface area (Å²) in [6.45, 7) is 1.59. The van der Waals surface area contributed by atoms with Crippen LogP contribution in [-0.2, 0) is 0 Å². The maximum absolute atomic E-state index is 12.8. The van der Waals surface area contributed by atoms with Crippen LogP contribution in [-0.4, -0.2) is 4.92 Å². The van der Waals surface area contributed by atoms with Crippen molar-refractivity contribution in [1.29, 1.82) is 0 Å². The minimum atomic E-state index is -0.477. The maximum Gasteiger partial charge on any atom is 0.273 e. The van der Waals surface area contributed by atoms with Gasteiger partial charge in [0.2, 0.25) is 0 Å². The van der Waals surface area contributed by atoms with Gasteiger partial charge in [0.05, 0.1) is 9.95 Å². The molecule has 0 fully saturated rings. The Labute approximate surface area is 108 Å². The van der Waals surface area contributed by atoms with Crippen molar-refractivity contribution < 1.29 is 9.31 Å². The SMILES string of the molecule is Cc1c([N+](=O)[O-])ccc(-c2ccc(F)cc2)c1Cl. The van der Waals surface area contributed by atoms with Crippen LogP contribution in [0.15, 0.2) is 36.4 Å². The highest BCUT2D eigenvalue weighted by atomic mass is 35.5. The second-order valence-corrected chi connectivity index (χ2v) is 4.21. The Morgan fingerprint density at radius 1 is 1.17 bits per heavy atom. The summed E-state index contributed by atoms with van der Waals surface area (Å²) >= 11 is 6.12. The normalized spacial score (nSPS) is 10.4. The van der Waals surface area contributed by atoms with Gasteiger partial charge in [0.15, 0.2) is 0 Å². The Bertz CT molecular complexity index is 611. The first-order chi connectivity index (χ1) is 8.50. The van der Waals surface area contributed by atoms with Gasteiger partial charge in [-0.2, -0.15) is 0 Å². The standard InChI is InChI=1S/C13H9ClFNO2/c1-8-12(16(17)18)7-6-11(13(8)14)9-2-4-10(15)5-3-9/h2-7H,1H3. The summed E-state index contributed by atoms with van der Waals surface area (Å²) in [6.07, 6.45) is 0. The Balaban J connectivity index is 2.57. The molecular formula is C13H9ClFNO2. The molecule has 0 amide bonds. The van der Waals surface area contributed by atoms with Crippen LogP contribution in [0.2, 0.25) is 5.02 Å². The third-order valence-electron chi connectivity index (χ3n) is 2.71. The van der Waals surface area contributed by atoms with Crippen LogP contribution in [0.25, 0.3) is 11.1 Å². The van der Waals surface area contributed by atoms with Gasteiger partial charge in [-0.3, -0.25) is 10.1 Å². The topological polar surface area (TPSA) is 43.1 Å². The minimum Gasteiger partial charge on any atom is -0.258 e. The van der Waals surface area contributed by atoms with Crippen LogP contribution in [0, 0.1) is 22.9 Å². The van der Waals surface area contributed by atoms with Crippen LogP contribution in [0.4, 0.5) is 10.1 Å². The Morgan fingerprint density at radius 2 is 1.78 bits per heavy atom. The molecule has 0 spiro atoms. The lowest BCUT2D eigenvalue weighted by atomic mass is 10.0. The summed E-state index contributed by atoms with van der Waals surface area (Å²) in [5.41, 5.74) is 1.76. The largest absolute Gasteiger partial charge is 0.273 e. The van der Waals surface area contributed by atoms with Crippen molar-refractivity contribution in [2.24, 2.45) is 0 Å². The molecule has 0 heterocycles. The number of nitro groups is 1. The van der Waals surface area contributed by atoms with Gasteiger partial charge >= 0.3 is 0 Å². The average Bonchev–Trinajstić information content (AvgIpc) is 2.33. The molecule has 0 aliphatic rings. The maximum atomic E-state index is 12.8. The van der Waals surface area contributed by atoms with Gasteiger partial charge in [-0.05, 0) is 30.7 Å². The third kappa shape index (κ3) is 2.19. The molecule has 0 radical (unpaired) electrons. The molecule has 2 rings (SSSR count). The zero-order chi connectivity index (χ0) is 13.3. The summed E-state index contributed by atoms with van der Waals surface area (Å²) in [5, 5.41) is 11.1. The van der Waals surface area contributed by atoms with Crippen molar-refractivity contribution in [2.45, 2.75) is 6.92 Å². The van der Waals surface area contributed by atoms with Gasteiger partial charge < -0.3 is 0 Å². The molecule has 92 valence electrons. The number of benzene rings is 2. The smallest absolute Gasteiger partial charge is 0.258 e. The Morgan fingerprint density at radius 3 is 2.33 bits per heavy atom. The first-order valence-corrected chi connectivity index (χ1v) is 5.58. The molecule has 0 aromatic heterocycles. The molecule has 0 N–H and O–H groups in total. The summed E-state index contributed by atoms with van der Waals surface area (Å²) in [4.78, 5) is 10.3. The highest BCUT2D eigenvalue weighted by Crippen LogP contribution is 2.35. The predicted molar refractivity (Wildman–Crippen MR) is 68.2 cm³/mol. The van der Waals surface area contributed by atoms with Crippen LogP contribution in [0.3, 0.4) is 0 Å². The van der Waals surface area contributed by atoms with Crippen LogP contribution >= 0.6 is 11.6 Å². The van der Waals surface area contributed by atoms with E-state index in [0.717, 1.165) is 5.56 Å². The molecule has 0 saturated carbocycles. The summed E-state index contributed by atoms with van der Waals surface area (Å²) in [7, 11) is 0. The zero-order valence-electron chi connectivity index (χ0n) is 9.48. The number of nitro benzene ring substituents is 1. The van der Waals surface area contributed by atoms with E-state index in [9.17, 15) is 14.5 Å². The molecule has 5 heteroatoms. The summed E-state index contributed by atoms with van der Waals surface area (Å²) in [6, 6.07) is 8.79. The highest BCUT2D eigenvalue weighted by molar-refractivity contribution is 6.34. The summed E-state index contributed by atoms with van der Waals surface area (Å²) in [5.74, 6) is -0.339. The van der Waals surface area contributed by atoms with E-state index in [1.165, 1.54) is 18.2 Å². The van der Waals surface area contributed by atoms with Gasteiger partial charge in [-0.1, -0.05) is 23.7 Å². The van der Waals surface area contributed by atoms with Gasteiger partial charge in [-0.15, -0.1) is 0 Å². The van der Waals surface area contributed by atoms with Crippen molar-refractivity contribution >= 4 is 17.3 Å². The van der Waals surface area contributed by atoms with Gasteiger partial charge in [0.1, 0.15) is 5.82 Å². The fourth-order valence-corrected chi connectivity index (χ4v) is 1.99. The van der Waals surface area contributed by atoms with Crippen LogP contribution in [0.1, 0.15) is 5.56 Å². The fourth-order valence-electron chi connectivity index (χ4n) is 1.73. The number of hydrogen-bond acceptors (Lipinski definition) is 2. The number of halogens is 2. The minimum absolute atomic E-state index is 0.0224. The zero-order valence-corrected chi connectivity index (χ0v) is 10.2. The molecule has 2 aromatic carbocycles. The van der Waals surface area contributed by atoms with E-state index in [1.807, 2.05) is 0 Å². The highest BCUT2D eigenvalue weighted by Gasteiger charge is 2.16. The lowest BCUT2D eigenvalue weighted by molar-refractivity contribution is -0.385. The molecule has 0 saturated heterocycles. The van der Waals surface area contributed by atoms with E-state index in [1.54, 1.807) is 25.1 Å². The van der Waals surface area contributed by atoms with Crippen molar-refractivity contribution in [1.82, 2.24) is 0 Å². The molecule has 18 heavy (non-hydrogen) atoms. The lowest BCUT2D eigenvalue weighted by Gasteiger charge is -2.07. The number of nitrogens with zero attached hydrogens (tertiary/aromatic N) is 1. The lowest BCUT2D eigenvalue weighted by Crippen LogP contribution is -1.93. The second-order valence-electron chi connectivity index (χ2n) is 3.84. The van der Waals surface area contributed by atoms with Gasteiger partial charge in [0.25, 0.3) is 5.69 Å². The van der Waals surface area contributed by atoms with E-state index in [-0.39, 0.29) is 11.5 Å². The Kier molecular flexibility index (Phi) is 3.30. The predicted octanol–water partition coefficient (Wildman–Crippen LogP) is 4.36. The van der Waals surface area contributed by atoms with Crippen molar-refractivity contribution in [2.75, 3.05) is 0 Å². The first kappa shape index (κ1) is 12.5. The fraction of sp³-hybridized carbons (Fsp3) is 0.0769. The van der Waals surface area contributed by atoms with E-state index in [0.29, 0.717) is 16.1 Å². The third-order valence-corrected chi connectivity index (χ3v) is 3.20. The van der Waals surface area contributed by atoms with E-state index >= 15 is 0 Å².